The van der Waals surface area contributed by atoms with E-state index in [2.05, 4.69) is 60.1 Å². The number of hydrogen-bond donors (Lipinski definition) is 1. The number of para-hydroxylation sites is 2. The number of nitrogens with zero attached hydrogens (tertiary/aromatic N) is 2. The molecule has 0 bridgehead atoms. The van der Waals surface area contributed by atoms with E-state index in [4.69, 9.17) is 9.72 Å². The first-order chi connectivity index (χ1) is 18.1. The lowest BCUT2D eigenvalue weighted by molar-refractivity contribution is -0.116. The first-order valence-corrected chi connectivity index (χ1v) is 13.3. The van der Waals surface area contributed by atoms with Crippen LogP contribution in [0.25, 0.3) is 17.1 Å². The lowest BCUT2D eigenvalue weighted by atomic mass is 10.1. The van der Waals surface area contributed by atoms with Gasteiger partial charge in [0.1, 0.15) is 11.6 Å². The normalized spacial score (nSPS) is 11.3. The van der Waals surface area contributed by atoms with Crippen LogP contribution in [0.3, 0.4) is 0 Å². The topological polar surface area (TPSA) is 56.1 Å². The Hall–Kier alpha value is -3.86. The summed E-state index contributed by atoms with van der Waals surface area (Å²) in [5.74, 6) is 2.04. The number of nitrogens with one attached hydrogen (secondary N) is 1. The largest absolute Gasteiger partial charge is 0.493 e. The third kappa shape index (κ3) is 7.81. The Morgan fingerprint density at radius 2 is 1.76 bits per heavy atom. The van der Waals surface area contributed by atoms with E-state index in [1.165, 1.54) is 16.6 Å². The number of amides is 1. The van der Waals surface area contributed by atoms with Gasteiger partial charge in [0.25, 0.3) is 0 Å². The number of carbonyl (C=O) groups excluding carboxylic acids is 1. The highest BCUT2D eigenvalue weighted by atomic mass is 16.5. The Kier molecular flexibility index (Phi) is 9.53. The van der Waals surface area contributed by atoms with E-state index in [1.807, 2.05) is 42.5 Å². The monoisotopic (exact) mass is 495 g/mol. The third-order valence-corrected chi connectivity index (χ3v) is 6.45. The second kappa shape index (κ2) is 13.4. The van der Waals surface area contributed by atoms with Crippen LogP contribution in [-0.2, 0) is 17.8 Å². The molecule has 5 heteroatoms. The highest BCUT2D eigenvalue weighted by Crippen LogP contribution is 2.21. The number of benzene rings is 3. The molecule has 3 aromatic carbocycles. The van der Waals surface area contributed by atoms with Crippen molar-refractivity contribution in [2.45, 2.75) is 52.5 Å². The van der Waals surface area contributed by atoms with Crippen molar-refractivity contribution >= 4 is 23.0 Å². The van der Waals surface area contributed by atoms with E-state index < -0.39 is 0 Å². The number of rotatable bonds is 13. The van der Waals surface area contributed by atoms with Crippen molar-refractivity contribution in [2.75, 3.05) is 13.2 Å². The van der Waals surface area contributed by atoms with Crippen LogP contribution >= 0.6 is 0 Å². The predicted molar refractivity (Wildman–Crippen MR) is 152 cm³/mol. The van der Waals surface area contributed by atoms with Crippen LogP contribution in [0, 0.1) is 13.8 Å². The van der Waals surface area contributed by atoms with Gasteiger partial charge in [-0.05, 0) is 68.5 Å². The SMILES string of the molecule is Cc1ccc(OCCCn2c(CCCCCNC(=O)/C=C/c3ccccc3)nc3ccccc32)c(C)c1. The summed E-state index contributed by atoms with van der Waals surface area (Å²) in [5, 5.41) is 2.98. The molecule has 0 saturated heterocycles. The maximum atomic E-state index is 12.0. The summed E-state index contributed by atoms with van der Waals surface area (Å²) < 4.78 is 8.40. The average molecular weight is 496 g/mol. The maximum absolute atomic E-state index is 12.0. The summed E-state index contributed by atoms with van der Waals surface area (Å²) in [4.78, 5) is 17.0. The lowest BCUT2D eigenvalue weighted by Gasteiger charge is -2.12. The summed E-state index contributed by atoms with van der Waals surface area (Å²) in [6.45, 7) is 6.43. The molecule has 4 rings (SSSR count). The molecule has 0 aliphatic carbocycles. The van der Waals surface area contributed by atoms with Gasteiger partial charge in [0.15, 0.2) is 0 Å². The zero-order chi connectivity index (χ0) is 25.9. The first-order valence-electron chi connectivity index (χ1n) is 13.3. The number of aromatic nitrogens is 2. The van der Waals surface area contributed by atoms with Gasteiger partial charge in [-0.3, -0.25) is 4.79 Å². The van der Waals surface area contributed by atoms with Crippen molar-refractivity contribution in [3.63, 3.8) is 0 Å². The lowest BCUT2D eigenvalue weighted by Crippen LogP contribution is -2.22. The number of fused-ring (bicyclic) bond motifs is 1. The molecule has 0 unspecified atom stereocenters. The first kappa shape index (κ1) is 26.2. The van der Waals surface area contributed by atoms with Crippen molar-refractivity contribution in [2.24, 2.45) is 0 Å². The summed E-state index contributed by atoms with van der Waals surface area (Å²) >= 11 is 0. The van der Waals surface area contributed by atoms with Crippen molar-refractivity contribution in [3.05, 3.63) is 101 Å². The Labute approximate surface area is 220 Å². The zero-order valence-electron chi connectivity index (χ0n) is 22.0. The molecule has 0 aliphatic heterocycles. The molecule has 5 nitrogen and oxygen atoms in total. The molecule has 1 N–H and O–H groups in total. The fourth-order valence-electron chi connectivity index (χ4n) is 4.52. The average Bonchev–Trinajstić information content (AvgIpc) is 3.26. The second-order valence-corrected chi connectivity index (χ2v) is 9.49. The zero-order valence-corrected chi connectivity index (χ0v) is 22.0. The minimum atomic E-state index is -0.0475. The fraction of sp³-hybridized carbons (Fsp3) is 0.312. The van der Waals surface area contributed by atoms with Gasteiger partial charge in [0.05, 0.1) is 17.6 Å². The van der Waals surface area contributed by atoms with Gasteiger partial charge in [0, 0.05) is 25.6 Å². The molecule has 0 atom stereocenters. The van der Waals surface area contributed by atoms with Crippen molar-refractivity contribution < 1.29 is 9.53 Å². The van der Waals surface area contributed by atoms with Gasteiger partial charge in [-0.15, -0.1) is 0 Å². The van der Waals surface area contributed by atoms with Crippen LogP contribution < -0.4 is 10.1 Å². The summed E-state index contributed by atoms with van der Waals surface area (Å²) in [7, 11) is 0. The van der Waals surface area contributed by atoms with E-state index in [0.29, 0.717) is 13.2 Å². The summed E-state index contributed by atoms with van der Waals surface area (Å²) in [6.07, 6.45) is 8.32. The fourth-order valence-corrected chi connectivity index (χ4v) is 4.52. The molecular weight excluding hydrogens is 458 g/mol. The van der Waals surface area contributed by atoms with Gasteiger partial charge in [-0.2, -0.15) is 0 Å². The van der Waals surface area contributed by atoms with Crippen LogP contribution in [0.2, 0.25) is 0 Å². The number of aryl methyl sites for hydroxylation is 4. The maximum Gasteiger partial charge on any atom is 0.243 e. The Morgan fingerprint density at radius 1 is 0.946 bits per heavy atom. The molecule has 1 aromatic heterocycles. The second-order valence-electron chi connectivity index (χ2n) is 9.49. The smallest absolute Gasteiger partial charge is 0.243 e. The van der Waals surface area contributed by atoms with Crippen LogP contribution in [0.5, 0.6) is 5.75 Å². The molecule has 192 valence electrons. The molecule has 1 heterocycles. The van der Waals surface area contributed by atoms with Crippen LogP contribution in [0.15, 0.2) is 78.9 Å². The molecule has 0 radical (unpaired) electrons. The van der Waals surface area contributed by atoms with Crippen molar-refractivity contribution in [1.82, 2.24) is 14.9 Å². The van der Waals surface area contributed by atoms with Gasteiger partial charge in [-0.1, -0.05) is 66.6 Å². The number of imidazole rings is 1. The van der Waals surface area contributed by atoms with E-state index in [-0.39, 0.29) is 5.91 Å². The molecule has 0 spiro atoms. The Bertz CT molecular complexity index is 1320. The van der Waals surface area contributed by atoms with E-state index in [1.54, 1.807) is 6.08 Å². The summed E-state index contributed by atoms with van der Waals surface area (Å²) in [6, 6.07) is 24.5. The number of carbonyl (C=O) groups is 1. The molecule has 1 amide bonds. The predicted octanol–water partition coefficient (Wildman–Crippen LogP) is 6.66. The van der Waals surface area contributed by atoms with Crippen LogP contribution in [-0.4, -0.2) is 28.6 Å². The minimum absolute atomic E-state index is 0.0475. The van der Waals surface area contributed by atoms with Crippen LogP contribution in [0.4, 0.5) is 0 Å². The molecule has 4 aromatic rings. The van der Waals surface area contributed by atoms with Gasteiger partial charge in [-0.25, -0.2) is 4.98 Å². The number of hydrogen-bond acceptors (Lipinski definition) is 3. The van der Waals surface area contributed by atoms with E-state index >= 15 is 0 Å². The van der Waals surface area contributed by atoms with Gasteiger partial charge in [0.2, 0.25) is 5.91 Å². The van der Waals surface area contributed by atoms with E-state index in [9.17, 15) is 4.79 Å². The third-order valence-electron chi connectivity index (χ3n) is 6.45. The molecule has 37 heavy (non-hydrogen) atoms. The Balaban J connectivity index is 1.22. The van der Waals surface area contributed by atoms with Gasteiger partial charge >= 0.3 is 0 Å². The Morgan fingerprint density at radius 3 is 2.59 bits per heavy atom. The highest BCUT2D eigenvalue weighted by Gasteiger charge is 2.10. The van der Waals surface area contributed by atoms with Crippen molar-refractivity contribution in [1.29, 1.82) is 0 Å². The molecule has 0 saturated carbocycles. The highest BCUT2D eigenvalue weighted by molar-refractivity contribution is 5.91. The van der Waals surface area contributed by atoms with Crippen LogP contribution in [0.1, 0.15) is 48.2 Å². The molecule has 0 fully saturated rings. The van der Waals surface area contributed by atoms with E-state index in [0.717, 1.165) is 61.3 Å². The minimum Gasteiger partial charge on any atom is -0.493 e. The number of ether oxygens (including phenoxy) is 1. The molecular formula is C32H37N3O2. The van der Waals surface area contributed by atoms with Gasteiger partial charge < -0.3 is 14.6 Å². The molecule has 0 aliphatic rings. The quantitative estimate of drug-likeness (QED) is 0.167. The summed E-state index contributed by atoms with van der Waals surface area (Å²) in [5.41, 5.74) is 5.68. The standard InChI is InChI=1S/C32H37N3O2/c1-25-17-19-30(26(2)24-25)37-23-11-22-35-29-15-9-8-14-28(29)34-31(35)16-7-4-10-21-33-32(36)20-18-27-12-5-3-6-13-27/h3,5-6,8-9,12-15,17-20,24H,4,7,10-11,16,21-23H2,1-2H3,(H,33,36)/b20-18+. The number of unbranched alkanes of at least 4 members (excludes halogenated alkanes) is 2. The van der Waals surface area contributed by atoms with Crippen molar-refractivity contribution in [3.8, 4) is 5.75 Å².